The molecule has 0 radical (unpaired) electrons. The number of benzene rings is 1. The van der Waals surface area contributed by atoms with E-state index in [0.717, 1.165) is 0 Å². The van der Waals surface area contributed by atoms with Gasteiger partial charge in [0.2, 0.25) is 11.9 Å². The molecule has 1 aliphatic heterocycles. The zero-order valence-corrected chi connectivity index (χ0v) is 15.6. The predicted octanol–water partition coefficient (Wildman–Crippen LogP) is 2.79. The van der Waals surface area contributed by atoms with Gasteiger partial charge in [0.05, 0.1) is 5.69 Å². The third kappa shape index (κ3) is 3.58. The first kappa shape index (κ1) is 18.7. The number of para-hydroxylation sites is 2. The standard InChI is InChI=1S/C20H21NO6/c1-10-17(12(3)22)11(2)21-18(10)19(23)13(4)26-20(24)16-9-25-14-7-5-6-8-15(14)27-16/h5-8,13,16,21H,9H2,1-4H3/t13-,16+/m1/s1. The van der Waals surface area contributed by atoms with E-state index in [1.807, 2.05) is 0 Å². The van der Waals surface area contributed by atoms with Crippen molar-refractivity contribution >= 4 is 17.5 Å². The van der Waals surface area contributed by atoms with Crippen molar-refractivity contribution in [3.05, 3.63) is 46.8 Å². The van der Waals surface area contributed by atoms with Crippen LogP contribution >= 0.6 is 0 Å². The number of aromatic nitrogens is 1. The van der Waals surface area contributed by atoms with Crippen molar-refractivity contribution in [2.24, 2.45) is 0 Å². The summed E-state index contributed by atoms with van der Waals surface area (Å²) in [6.07, 6.45) is -1.98. The molecule has 1 aromatic heterocycles. The summed E-state index contributed by atoms with van der Waals surface area (Å²) in [6.45, 7) is 6.35. The highest BCUT2D eigenvalue weighted by Crippen LogP contribution is 2.31. The third-order valence-electron chi connectivity index (χ3n) is 4.47. The Kier molecular flexibility index (Phi) is 5.03. The molecule has 27 heavy (non-hydrogen) atoms. The van der Waals surface area contributed by atoms with Gasteiger partial charge in [-0.1, -0.05) is 12.1 Å². The van der Waals surface area contributed by atoms with Crippen molar-refractivity contribution in [3.63, 3.8) is 0 Å². The number of fused-ring (bicyclic) bond motifs is 1. The molecule has 0 bridgehead atoms. The number of ketones is 2. The first-order valence-electron chi connectivity index (χ1n) is 8.63. The number of rotatable bonds is 5. The van der Waals surface area contributed by atoms with Crippen LogP contribution in [0.15, 0.2) is 24.3 Å². The molecule has 1 N–H and O–H groups in total. The van der Waals surface area contributed by atoms with E-state index >= 15 is 0 Å². The Hall–Kier alpha value is -3.09. The number of aromatic amines is 1. The van der Waals surface area contributed by atoms with E-state index in [-0.39, 0.29) is 18.1 Å². The second-order valence-electron chi connectivity index (χ2n) is 6.49. The van der Waals surface area contributed by atoms with Gasteiger partial charge in [0.1, 0.15) is 6.61 Å². The molecule has 2 atom stereocenters. The number of nitrogens with one attached hydrogen (secondary N) is 1. The highest BCUT2D eigenvalue weighted by molar-refractivity contribution is 6.05. The maximum atomic E-state index is 12.7. The van der Waals surface area contributed by atoms with Gasteiger partial charge in [-0.15, -0.1) is 0 Å². The molecule has 7 nitrogen and oxygen atoms in total. The lowest BCUT2D eigenvalue weighted by atomic mass is 10.0. The fraction of sp³-hybridized carbons (Fsp3) is 0.350. The molecule has 3 rings (SSSR count). The molecule has 2 heterocycles. The van der Waals surface area contributed by atoms with E-state index in [9.17, 15) is 14.4 Å². The molecule has 1 aromatic carbocycles. The second-order valence-corrected chi connectivity index (χ2v) is 6.49. The van der Waals surface area contributed by atoms with Gasteiger partial charge in [-0.05, 0) is 45.4 Å². The Balaban J connectivity index is 1.69. The van der Waals surface area contributed by atoms with Crippen molar-refractivity contribution in [1.29, 1.82) is 0 Å². The highest BCUT2D eigenvalue weighted by atomic mass is 16.6. The van der Waals surface area contributed by atoms with Crippen LogP contribution in [0.5, 0.6) is 11.5 Å². The van der Waals surface area contributed by atoms with Gasteiger partial charge in [0.25, 0.3) is 0 Å². The van der Waals surface area contributed by atoms with E-state index in [2.05, 4.69) is 4.98 Å². The second kappa shape index (κ2) is 7.26. The van der Waals surface area contributed by atoms with Crippen molar-refractivity contribution in [2.45, 2.75) is 39.9 Å². The number of hydrogen-bond donors (Lipinski definition) is 1. The molecule has 2 aromatic rings. The van der Waals surface area contributed by atoms with Crippen LogP contribution in [0.2, 0.25) is 0 Å². The van der Waals surface area contributed by atoms with Crippen LogP contribution in [0.3, 0.4) is 0 Å². The van der Waals surface area contributed by atoms with E-state index in [4.69, 9.17) is 14.2 Å². The molecule has 7 heteroatoms. The summed E-state index contributed by atoms with van der Waals surface area (Å²) in [5, 5.41) is 0. The van der Waals surface area contributed by atoms with Crippen LogP contribution in [0.25, 0.3) is 0 Å². The Morgan fingerprint density at radius 2 is 1.85 bits per heavy atom. The number of H-pyrrole nitrogens is 1. The minimum absolute atomic E-state index is 0.00583. The summed E-state index contributed by atoms with van der Waals surface area (Å²) in [6, 6.07) is 7.01. The molecule has 0 spiro atoms. The summed E-state index contributed by atoms with van der Waals surface area (Å²) in [7, 11) is 0. The van der Waals surface area contributed by atoms with E-state index in [0.29, 0.717) is 28.3 Å². The first-order valence-corrected chi connectivity index (χ1v) is 8.63. The van der Waals surface area contributed by atoms with Gasteiger partial charge >= 0.3 is 5.97 Å². The quantitative estimate of drug-likeness (QED) is 0.641. The van der Waals surface area contributed by atoms with Gasteiger partial charge in [-0.25, -0.2) is 4.79 Å². The van der Waals surface area contributed by atoms with Crippen LogP contribution < -0.4 is 9.47 Å². The lowest BCUT2D eigenvalue weighted by Crippen LogP contribution is -2.40. The Labute approximate surface area is 156 Å². The minimum atomic E-state index is -1.03. The zero-order valence-electron chi connectivity index (χ0n) is 15.6. The smallest absolute Gasteiger partial charge is 0.351 e. The largest absolute Gasteiger partial charge is 0.485 e. The predicted molar refractivity (Wildman–Crippen MR) is 96.5 cm³/mol. The van der Waals surface area contributed by atoms with Gasteiger partial charge < -0.3 is 19.2 Å². The molecule has 1 aliphatic rings. The lowest BCUT2D eigenvalue weighted by Gasteiger charge is -2.25. The fourth-order valence-electron chi connectivity index (χ4n) is 3.17. The average Bonchev–Trinajstić information content (AvgIpc) is 2.94. The third-order valence-corrected chi connectivity index (χ3v) is 4.47. The molecule has 0 saturated carbocycles. The van der Waals surface area contributed by atoms with Crippen LogP contribution in [0, 0.1) is 13.8 Å². The monoisotopic (exact) mass is 371 g/mol. The summed E-state index contributed by atoms with van der Waals surface area (Å²) in [5.41, 5.74) is 1.92. The zero-order chi connectivity index (χ0) is 19.7. The van der Waals surface area contributed by atoms with Crippen molar-refractivity contribution in [1.82, 2.24) is 4.98 Å². The Bertz CT molecular complexity index is 913. The SMILES string of the molecule is CC(=O)c1c(C)[nH]c(C(=O)[C@@H](C)OC(=O)[C@@H]2COc3ccccc3O2)c1C. The number of ether oxygens (including phenoxy) is 3. The van der Waals surface area contributed by atoms with Crippen molar-refractivity contribution < 1.29 is 28.6 Å². The maximum absolute atomic E-state index is 12.7. The van der Waals surface area contributed by atoms with Crippen LogP contribution in [-0.2, 0) is 9.53 Å². The minimum Gasteiger partial charge on any atom is -0.485 e. The molecular formula is C20H21NO6. The van der Waals surface area contributed by atoms with Crippen LogP contribution in [0.1, 0.15) is 46.0 Å². The number of carbonyl (C=O) groups is 3. The van der Waals surface area contributed by atoms with Gasteiger partial charge in [0, 0.05) is 11.3 Å². The van der Waals surface area contributed by atoms with Crippen LogP contribution in [0.4, 0.5) is 0 Å². The molecule has 0 unspecified atom stereocenters. The normalized spacial score (nSPS) is 16.5. The van der Waals surface area contributed by atoms with Gasteiger partial charge in [-0.3, -0.25) is 9.59 Å². The first-order chi connectivity index (χ1) is 12.8. The summed E-state index contributed by atoms with van der Waals surface area (Å²) in [4.78, 5) is 39.7. The molecule has 142 valence electrons. The fourth-order valence-corrected chi connectivity index (χ4v) is 3.17. The Morgan fingerprint density at radius 3 is 2.48 bits per heavy atom. The number of carbonyl (C=O) groups excluding carboxylic acids is 3. The van der Waals surface area contributed by atoms with Gasteiger partial charge in [0.15, 0.2) is 23.4 Å². The summed E-state index contributed by atoms with van der Waals surface area (Å²) >= 11 is 0. The Morgan fingerprint density at radius 1 is 1.19 bits per heavy atom. The van der Waals surface area contributed by atoms with Crippen molar-refractivity contribution in [2.75, 3.05) is 6.61 Å². The molecule has 0 fully saturated rings. The highest BCUT2D eigenvalue weighted by Gasteiger charge is 2.32. The number of Topliss-reactive ketones (excluding diaryl/α,β-unsaturated/α-hetero) is 2. The van der Waals surface area contributed by atoms with E-state index < -0.39 is 24.0 Å². The maximum Gasteiger partial charge on any atom is 0.351 e. The molecule has 0 saturated heterocycles. The number of aryl methyl sites for hydroxylation is 1. The van der Waals surface area contributed by atoms with E-state index in [1.165, 1.54) is 13.8 Å². The molecule has 0 amide bonds. The summed E-state index contributed by atoms with van der Waals surface area (Å²) in [5.74, 6) is -0.213. The van der Waals surface area contributed by atoms with Crippen molar-refractivity contribution in [3.8, 4) is 11.5 Å². The number of esters is 1. The molecule has 0 aliphatic carbocycles. The average molecular weight is 371 g/mol. The summed E-state index contributed by atoms with van der Waals surface area (Å²) < 4.78 is 16.4. The van der Waals surface area contributed by atoms with E-state index in [1.54, 1.807) is 38.1 Å². The molecular weight excluding hydrogens is 350 g/mol. The van der Waals surface area contributed by atoms with Crippen LogP contribution in [-0.4, -0.2) is 41.3 Å². The van der Waals surface area contributed by atoms with Gasteiger partial charge in [-0.2, -0.15) is 0 Å². The lowest BCUT2D eigenvalue weighted by molar-refractivity contribution is -0.157. The number of hydrogen-bond acceptors (Lipinski definition) is 6. The topological polar surface area (TPSA) is 94.7 Å².